The van der Waals surface area contributed by atoms with E-state index >= 15 is 0 Å². The molecular formula is C23H19N5OS2. The van der Waals surface area contributed by atoms with Gasteiger partial charge in [-0.3, -0.25) is 5.43 Å². The van der Waals surface area contributed by atoms with Gasteiger partial charge in [-0.1, -0.05) is 54.2 Å². The third kappa shape index (κ3) is 4.04. The van der Waals surface area contributed by atoms with Crippen molar-refractivity contribution in [2.24, 2.45) is 10.1 Å². The van der Waals surface area contributed by atoms with Gasteiger partial charge in [-0.15, -0.1) is 11.3 Å². The molecule has 0 saturated carbocycles. The van der Waals surface area contributed by atoms with E-state index in [1.54, 1.807) is 30.2 Å². The van der Waals surface area contributed by atoms with Crippen molar-refractivity contribution in [2.75, 3.05) is 12.9 Å². The summed E-state index contributed by atoms with van der Waals surface area (Å²) in [4.78, 5) is 15.0. The molecule has 0 bridgehead atoms. The van der Waals surface area contributed by atoms with Crippen molar-refractivity contribution in [3.8, 4) is 16.9 Å². The zero-order chi connectivity index (χ0) is 21.2. The number of thiophene rings is 1. The second kappa shape index (κ2) is 8.49. The number of fused-ring (bicyclic) bond motifs is 1. The van der Waals surface area contributed by atoms with Gasteiger partial charge in [0.1, 0.15) is 16.4 Å². The van der Waals surface area contributed by atoms with Gasteiger partial charge < -0.3 is 4.74 Å². The van der Waals surface area contributed by atoms with Crippen molar-refractivity contribution in [1.82, 2.24) is 15.4 Å². The Balaban J connectivity index is 1.52. The zero-order valence-electron chi connectivity index (χ0n) is 17.0. The number of nitrogens with one attached hydrogen (secondary N) is 1. The molecule has 0 aliphatic carbocycles. The fourth-order valence-electron chi connectivity index (χ4n) is 3.34. The van der Waals surface area contributed by atoms with Gasteiger partial charge in [0.2, 0.25) is 0 Å². The third-order valence-electron chi connectivity index (χ3n) is 4.87. The second-order valence-corrected chi connectivity index (χ2v) is 8.72. The number of ether oxygens (including phenoxy) is 1. The molecule has 0 fully saturated rings. The lowest BCUT2D eigenvalue weighted by molar-refractivity contribution is 0.415. The molecule has 0 spiro atoms. The van der Waals surface area contributed by atoms with Crippen LogP contribution in [0.1, 0.15) is 11.4 Å². The highest BCUT2D eigenvalue weighted by Crippen LogP contribution is 2.39. The summed E-state index contributed by atoms with van der Waals surface area (Å²) in [7, 11) is 1.67. The number of methoxy groups -OCH3 is 1. The van der Waals surface area contributed by atoms with Crippen LogP contribution in [0.15, 0.2) is 70.1 Å². The molecule has 6 nitrogen and oxygen atoms in total. The van der Waals surface area contributed by atoms with Crippen molar-refractivity contribution >= 4 is 50.0 Å². The quantitative estimate of drug-likeness (QED) is 0.455. The van der Waals surface area contributed by atoms with Crippen LogP contribution in [0.3, 0.4) is 0 Å². The van der Waals surface area contributed by atoms with Crippen LogP contribution in [0.25, 0.3) is 21.3 Å². The number of hydrogen-bond donors (Lipinski definition) is 1. The number of aryl methyl sites for hydroxylation is 1. The van der Waals surface area contributed by atoms with E-state index in [0.717, 1.165) is 49.3 Å². The fraction of sp³-hybridized carbons (Fsp3) is 0.130. The first-order chi connectivity index (χ1) is 15.2. The number of nitrogens with zero attached hydrogens (tertiary/aromatic N) is 4. The highest BCUT2D eigenvalue weighted by Gasteiger charge is 2.17. The summed E-state index contributed by atoms with van der Waals surface area (Å²) in [5, 5.41) is 8.32. The summed E-state index contributed by atoms with van der Waals surface area (Å²) in [5.74, 6) is 2.93. The summed E-state index contributed by atoms with van der Waals surface area (Å²) in [6, 6.07) is 18.2. The zero-order valence-corrected chi connectivity index (χ0v) is 18.6. The fourth-order valence-corrected chi connectivity index (χ4v) is 5.09. The SMILES string of the molecule is COc1ccc(-c2csc3nc(C)nc(/N=C4/NN=C(c5ccccc5)CS4)c23)cc1. The van der Waals surface area contributed by atoms with Gasteiger partial charge in [-0.25, -0.2) is 15.0 Å². The van der Waals surface area contributed by atoms with Gasteiger partial charge in [0.15, 0.2) is 11.0 Å². The lowest BCUT2D eigenvalue weighted by Crippen LogP contribution is -2.25. The van der Waals surface area contributed by atoms with E-state index in [1.165, 1.54) is 0 Å². The molecule has 0 atom stereocenters. The highest BCUT2D eigenvalue weighted by atomic mass is 32.2. The monoisotopic (exact) mass is 445 g/mol. The topological polar surface area (TPSA) is 71.8 Å². The van der Waals surface area contributed by atoms with Gasteiger partial charge in [0, 0.05) is 16.7 Å². The maximum Gasteiger partial charge on any atom is 0.184 e. The summed E-state index contributed by atoms with van der Waals surface area (Å²) in [6.07, 6.45) is 0. The molecule has 0 saturated heterocycles. The lowest BCUT2D eigenvalue weighted by Gasteiger charge is -2.15. The number of amidine groups is 1. The molecule has 3 heterocycles. The molecular weight excluding hydrogens is 426 g/mol. The van der Waals surface area contributed by atoms with Crippen LogP contribution in [0.2, 0.25) is 0 Å². The van der Waals surface area contributed by atoms with Crippen molar-refractivity contribution in [1.29, 1.82) is 0 Å². The molecule has 2 aromatic carbocycles. The van der Waals surface area contributed by atoms with Crippen LogP contribution in [-0.2, 0) is 0 Å². The van der Waals surface area contributed by atoms with E-state index < -0.39 is 0 Å². The Bertz CT molecular complexity index is 1300. The minimum absolute atomic E-state index is 0.655. The Labute approximate surface area is 188 Å². The predicted octanol–water partition coefficient (Wildman–Crippen LogP) is 5.40. The summed E-state index contributed by atoms with van der Waals surface area (Å²) in [5.41, 5.74) is 7.35. The Morgan fingerprint density at radius 2 is 1.81 bits per heavy atom. The molecule has 31 heavy (non-hydrogen) atoms. The van der Waals surface area contributed by atoms with Gasteiger partial charge in [-0.2, -0.15) is 5.10 Å². The van der Waals surface area contributed by atoms with Crippen LogP contribution in [0, 0.1) is 6.92 Å². The van der Waals surface area contributed by atoms with E-state index in [9.17, 15) is 0 Å². The summed E-state index contributed by atoms with van der Waals surface area (Å²) < 4.78 is 5.29. The predicted molar refractivity (Wildman–Crippen MR) is 130 cm³/mol. The molecule has 1 aliphatic heterocycles. The largest absolute Gasteiger partial charge is 0.497 e. The van der Waals surface area contributed by atoms with Crippen LogP contribution in [0.5, 0.6) is 5.75 Å². The van der Waals surface area contributed by atoms with Crippen molar-refractivity contribution in [2.45, 2.75) is 6.92 Å². The molecule has 4 aromatic rings. The molecule has 0 radical (unpaired) electrons. The van der Waals surface area contributed by atoms with Gasteiger partial charge in [0.25, 0.3) is 0 Å². The highest BCUT2D eigenvalue weighted by molar-refractivity contribution is 8.14. The molecule has 2 aromatic heterocycles. The number of hydrogen-bond acceptors (Lipinski definition) is 7. The minimum Gasteiger partial charge on any atom is -0.497 e. The summed E-state index contributed by atoms with van der Waals surface area (Å²) in [6.45, 7) is 1.89. The smallest absolute Gasteiger partial charge is 0.184 e. The molecule has 0 amide bonds. The summed E-state index contributed by atoms with van der Waals surface area (Å²) >= 11 is 3.22. The van der Waals surface area contributed by atoms with Gasteiger partial charge >= 0.3 is 0 Å². The molecule has 1 N–H and O–H groups in total. The molecule has 8 heteroatoms. The maximum absolute atomic E-state index is 5.29. The van der Waals surface area contributed by atoms with Gasteiger partial charge in [-0.05, 0) is 30.2 Å². The Hall–Kier alpha value is -3.23. The van der Waals surface area contributed by atoms with E-state index in [0.29, 0.717) is 11.6 Å². The van der Waals surface area contributed by atoms with E-state index in [2.05, 4.69) is 38.0 Å². The first-order valence-corrected chi connectivity index (χ1v) is 11.6. The average molecular weight is 446 g/mol. The Morgan fingerprint density at radius 1 is 1.00 bits per heavy atom. The molecule has 0 unspecified atom stereocenters. The molecule has 5 rings (SSSR count). The number of hydrazone groups is 1. The van der Waals surface area contributed by atoms with E-state index in [4.69, 9.17) is 9.73 Å². The third-order valence-corrected chi connectivity index (χ3v) is 6.62. The number of aromatic nitrogens is 2. The molecule has 154 valence electrons. The minimum atomic E-state index is 0.655. The van der Waals surface area contributed by atoms with Crippen molar-refractivity contribution < 1.29 is 4.74 Å². The Kier molecular flexibility index (Phi) is 5.40. The number of rotatable bonds is 4. The Morgan fingerprint density at radius 3 is 2.52 bits per heavy atom. The average Bonchev–Trinajstić information content (AvgIpc) is 3.24. The van der Waals surface area contributed by atoms with Crippen molar-refractivity contribution in [3.63, 3.8) is 0 Å². The van der Waals surface area contributed by atoms with E-state index in [1.807, 2.05) is 49.4 Å². The van der Waals surface area contributed by atoms with Crippen molar-refractivity contribution in [3.05, 3.63) is 71.4 Å². The standard InChI is InChI=1S/C23H19N5OS2/c1-14-24-21(26-23-28-27-19(13-31-23)16-6-4-3-5-7-16)20-18(12-30-22(20)25-14)15-8-10-17(29-2)11-9-15/h3-12H,13H2,1-2H3,(H,24,25,26,28). The van der Waals surface area contributed by atoms with Crippen LogP contribution in [-0.4, -0.2) is 33.7 Å². The van der Waals surface area contributed by atoms with Crippen LogP contribution >= 0.6 is 23.1 Å². The first-order valence-electron chi connectivity index (χ1n) is 9.71. The normalized spacial score (nSPS) is 15.0. The van der Waals surface area contributed by atoms with Crippen LogP contribution in [0.4, 0.5) is 5.82 Å². The van der Waals surface area contributed by atoms with Crippen LogP contribution < -0.4 is 10.2 Å². The number of thioether (sulfide) groups is 1. The first kappa shape index (κ1) is 19.7. The second-order valence-electron chi connectivity index (χ2n) is 6.89. The maximum atomic E-state index is 5.29. The number of aliphatic imine (C=N–C) groups is 1. The van der Waals surface area contributed by atoms with Gasteiger partial charge in [0.05, 0.1) is 18.2 Å². The van der Waals surface area contributed by atoms with E-state index in [-0.39, 0.29) is 0 Å². The number of benzene rings is 2. The molecule has 1 aliphatic rings. The lowest BCUT2D eigenvalue weighted by atomic mass is 10.1.